The number of aliphatic carboxylic acids is 1. The van der Waals surface area contributed by atoms with Crippen LogP contribution in [0.15, 0.2) is 35.2 Å². The number of allylic oxidation sites excluding steroid dienone is 1. The SMILES string of the molecule is Cc1ccc(S(C)(=O)=O)c(C(=O)/C=C/C(=O)O)c1. The standard InChI is InChI=1S/C12H12O5S/c1-8-3-5-11(18(2,16)17)9(7-8)10(13)4-6-12(14)15/h3-7H,1-2H3,(H,14,15)/b6-4+. The lowest BCUT2D eigenvalue weighted by Gasteiger charge is -2.05. The van der Waals surface area contributed by atoms with Crippen molar-refractivity contribution in [2.45, 2.75) is 11.8 Å². The highest BCUT2D eigenvalue weighted by molar-refractivity contribution is 7.90. The maximum Gasteiger partial charge on any atom is 0.328 e. The van der Waals surface area contributed by atoms with Crippen molar-refractivity contribution < 1.29 is 23.1 Å². The number of carboxylic acids is 1. The number of benzene rings is 1. The Morgan fingerprint density at radius 3 is 2.33 bits per heavy atom. The van der Waals surface area contributed by atoms with Gasteiger partial charge >= 0.3 is 5.97 Å². The summed E-state index contributed by atoms with van der Waals surface area (Å²) in [5.74, 6) is -1.92. The van der Waals surface area contributed by atoms with E-state index in [1.165, 1.54) is 12.1 Å². The van der Waals surface area contributed by atoms with E-state index in [4.69, 9.17) is 5.11 Å². The summed E-state index contributed by atoms with van der Waals surface area (Å²) in [6.07, 6.45) is 2.51. The number of carbonyl (C=O) groups is 2. The van der Waals surface area contributed by atoms with Gasteiger partial charge in [0.25, 0.3) is 0 Å². The van der Waals surface area contributed by atoms with Crippen molar-refractivity contribution >= 4 is 21.6 Å². The Labute approximate surface area is 105 Å². The predicted molar refractivity (Wildman–Crippen MR) is 65.4 cm³/mol. The lowest BCUT2D eigenvalue weighted by molar-refractivity contribution is -0.131. The summed E-state index contributed by atoms with van der Waals surface area (Å²) in [5.41, 5.74) is 0.699. The van der Waals surface area contributed by atoms with Crippen molar-refractivity contribution in [2.24, 2.45) is 0 Å². The molecule has 0 saturated carbocycles. The largest absolute Gasteiger partial charge is 0.478 e. The van der Waals surface area contributed by atoms with Crippen LogP contribution in [0.25, 0.3) is 0 Å². The molecule has 0 aliphatic carbocycles. The Bertz CT molecular complexity index is 626. The van der Waals surface area contributed by atoms with Crippen molar-refractivity contribution in [1.82, 2.24) is 0 Å². The van der Waals surface area contributed by atoms with E-state index < -0.39 is 21.6 Å². The molecule has 0 aliphatic heterocycles. The fraction of sp³-hybridized carbons (Fsp3) is 0.167. The molecule has 1 aromatic carbocycles. The van der Waals surface area contributed by atoms with E-state index in [2.05, 4.69) is 0 Å². The molecule has 0 aliphatic rings. The summed E-state index contributed by atoms with van der Waals surface area (Å²) < 4.78 is 23.0. The minimum absolute atomic E-state index is 0.0185. The third-order valence-electron chi connectivity index (χ3n) is 2.18. The van der Waals surface area contributed by atoms with Gasteiger partial charge < -0.3 is 5.11 Å². The van der Waals surface area contributed by atoms with Crippen LogP contribution in [0.1, 0.15) is 15.9 Å². The molecule has 0 amide bonds. The summed E-state index contributed by atoms with van der Waals surface area (Å²) in [6, 6.07) is 4.34. The van der Waals surface area contributed by atoms with Crippen molar-refractivity contribution in [3.8, 4) is 0 Å². The highest BCUT2D eigenvalue weighted by Gasteiger charge is 2.17. The first-order valence-electron chi connectivity index (χ1n) is 4.98. The maximum atomic E-state index is 11.8. The second-order valence-electron chi connectivity index (χ2n) is 3.81. The zero-order valence-electron chi connectivity index (χ0n) is 9.88. The molecule has 0 heterocycles. The van der Waals surface area contributed by atoms with Gasteiger partial charge in [-0.2, -0.15) is 0 Å². The number of sulfone groups is 1. The van der Waals surface area contributed by atoms with Gasteiger partial charge in [0.1, 0.15) is 0 Å². The minimum atomic E-state index is -3.54. The molecule has 0 saturated heterocycles. The van der Waals surface area contributed by atoms with E-state index in [9.17, 15) is 18.0 Å². The molecule has 1 aromatic rings. The second-order valence-corrected chi connectivity index (χ2v) is 5.79. The number of rotatable bonds is 4. The Morgan fingerprint density at radius 2 is 1.83 bits per heavy atom. The first-order valence-corrected chi connectivity index (χ1v) is 6.87. The molecule has 0 bridgehead atoms. The molecule has 0 fully saturated rings. The van der Waals surface area contributed by atoms with Crippen LogP contribution in [-0.2, 0) is 14.6 Å². The average molecular weight is 268 g/mol. The van der Waals surface area contributed by atoms with Crippen LogP contribution in [-0.4, -0.2) is 31.5 Å². The number of ketones is 1. The summed E-state index contributed by atoms with van der Waals surface area (Å²) in [5, 5.41) is 8.44. The Kier molecular flexibility index (Phi) is 4.03. The fourth-order valence-corrected chi connectivity index (χ4v) is 2.27. The van der Waals surface area contributed by atoms with Crippen molar-refractivity contribution in [1.29, 1.82) is 0 Å². The molecule has 0 aromatic heterocycles. The third-order valence-corrected chi connectivity index (χ3v) is 3.33. The zero-order chi connectivity index (χ0) is 13.9. The number of carboxylic acid groups (broad SMARTS) is 1. The van der Waals surface area contributed by atoms with Crippen molar-refractivity contribution in [2.75, 3.05) is 6.26 Å². The predicted octanol–water partition coefficient (Wildman–Crippen LogP) is 1.22. The van der Waals surface area contributed by atoms with Gasteiger partial charge in [-0.25, -0.2) is 13.2 Å². The van der Waals surface area contributed by atoms with Crippen LogP contribution in [0.4, 0.5) is 0 Å². The van der Waals surface area contributed by atoms with E-state index in [-0.39, 0.29) is 10.5 Å². The molecule has 0 unspecified atom stereocenters. The third kappa shape index (κ3) is 3.53. The number of carbonyl (C=O) groups excluding carboxylic acids is 1. The normalized spacial score (nSPS) is 11.7. The molecule has 5 nitrogen and oxygen atoms in total. The lowest BCUT2D eigenvalue weighted by Crippen LogP contribution is -2.07. The van der Waals surface area contributed by atoms with Gasteiger partial charge in [0.15, 0.2) is 15.6 Å². The molecule has 6 heteroatoms. The van der Waals surface area contributed by atoms with Crippen LogP contribution >= 0.6 is 0 Å². The van der Waals surface area contributed by atoms with E-state index in [0.29, 0.717) is 6.08 Å². The van der Waals surface area contributed by atoms with Crippen LogP contribution in [0.5, 0.6) is 0 Å². The minimum Gasteiger partial charge on any atom is -0.478 e. The lowest BCUT2D eigenvalue weighted by atomic mass is 10.1. The van der Waals surface area contributed by atoms with E-state index in [0.717, 1.165) is 17.9 Å². The van der Waals surface area contributed by atoms with Gasteiger partial charge in [0.2, 0.25) is 0 Å². The summed E-state index contributed by atoms with van der Waals surface area (Å²) >= 11 is 0. The first-order chi connectivity index (χ1) is 8.21. The van der Waals surface area contributed by atoms with Gasteiger partial charge in [-0.1, -0.05) is 11.6 Å². The van der Waals surface area contributed by atoms with Crippen LogP contribution in [0.2, 0.25) is 0 Å². The summed E-state index contributed by atoms with van der Waals surface area (Å²) in [7, 11) is -3.54. The van der Waals surface area contributed by atoms with Gasteiger partial charge in [0, 0.05) is 17.9 Å². The molecular weight excluding hydrogens is 256 g/mol. The van der Waals surface area contributed by atoms with E-state index in [1.807, 2.05) is 0 Å². The van der Waals surface area contributed by atoms with Crippen LogP contribution in [0, 0.1) is 6.92 Å². The molecule has 1 N–H and O–H groups in total. The van der Waals surface area contributed by atoms with Crippen molar-refractivity contribution in [3.63, 3.8) is 0 Å². The van der Waals surface area contributed by atoms with Gasteiger partial charge in [-0.15, -0.1) is 0 Å². The molecule has 1 rings (SSSR count). The molecular formula is C12H12O5S. The van der Waals surface area contributed by atoms with Crippen molar-refractivity contribution in [3.05, 3.63) is 41.5 Å². The highest BCUT2D eigenvalue weighted by atomic mass is 32.2. The second kappa shape index (κ2) is 5.14. The summed E-state index contributed by atoms with van der Waals surface area (Å²) in [6.45, 7) is 1.71. The Hall–Kier alpha value is -1.95. The molecule has 96 valence electrons. The number of hydrogen-bond donors (Lipinski definition) is 1. The Morgan fingerprint density at radius 1 is 1.22 bits per heavy atom. The highest BCUT2D eigenvalue weighted by Crippen LogP contribution is 2.18. The summed E-state index contributed by atoms with van der Waals surface area (Å²) in [4.78, 5) is 22.0. The van der Waals surface area contributed by atoms with Crippen LogP contribution < -0.4 is 0 Å². The van der Waals surface area contributed by atoms with Gasteiger partial charge in [-0.3, -0.25) is 4.79 Å². The quantitative estimate of drug-likeness (QED) is 0.655. The first kappa shape index (κ1) is 14.1. The smallest absolute Gasteiger partial charge is 0.328 e. The topological polar surface area (TPSA) is 88.5 Å². The van der Waals surface area contributed by atoms with Gasteiger partial charge in [-0.05, 0) is 25.1 Å². The average Bonchev–Trinajstić information content (AvgIpc) is 2.23. The zero-order valence-corrected chi connectivity index (χ0v) is 10.7. The van der Waals surface area contributed by atoms with Gasteiger partial charge in [0.05, 0.1) is 4.90 Å². The van der Waals surface area contributed by atoms with E-state index in [1.54, 1.807) is 13.0 Å². The fourth-order valence-electron chi connectivity index (χ4n) is 1.40. The van der Waals surface area contributed by atoms with E-state index >= 15 is 0 Å². The number of aryl methyl sites for hydroxylation is 1. The number of hydrogen-bond acceptors (Lipinski definition) is 4. The maximum absolute atomic E-state index is 11.8. The molecule has 18 heavy (non-hydrogen) atoms. The van der Waals surface area contributed by atoms with Crippen LogP contribution in [0.3, 0.4) is 0 Å². The Balaban J connectivity index is 3.35. The molecule has 0 atom stereocenters. The monoisotopic (exact) mass is 268 g/mol. The molecule has 0 spiro atoms. The molecule has 0 radical (unpaired) electrons.